The van der Waals surface area contributed by atoms with Crippen molar-refractivity contribution in [1.29, 1.82) is 0 Å². The van der Waals surface area contributed by atoms with Crippen LogP contribution in [-0.2, 0) is 5.41 Å². The second-order valence-corrected chi connectivity index (χ2v) is 6.53. The molecule has 2 aromatic rings. The van der Waals surface area contributed by atoms with Gasteiger partial charge in [-0.1, -0.05) is 50.0 Å². The summed E-state index contributed by atoms with van der Waals surface area (Å²) in [7, 11) is 0. The number of rotatable bonds is 2. The molecule has 0 bridgehead atoms. The Kier molecular flexibility index (Phi) is 4.32. The summed E-state index contributed by atoms with van der Waals surface area (Å²) in [6.07, 6.45) is 1.67. The molecule has 106 valence electrons. The van der Waals surface area contributed by atoms with Crippen LogP contribution in [0.4, 0.5) is 0 Å². The Balaban J connectivity index is 2.39. The van der Waals surface area contributed by atoms with Crippen molar-refractivity contribution >= 4 is 41.6 Å². The van der Waals surface area contributed by atoms with Crippen LogP contribution in [-0.4, -0.2) is 21.1 Å². The smallest absolute Gasteiger partial charge is 0.216 e. The zero-order chi connectivity index (χ0) is 14.9. The van der Waals surface area contributed by atoms with Gasteiger partial charge in [-0.05, 0) is 29.9 Å². The summed E-state index contributed by atoms with van der Waals surface area (Å²) >= 11 is 17.0. The minimum atomic E-state index is -0.164. The molecule has 1 N–H and O–H groups in total. The van der Waals surface area contributed by atoms with Crippen molar-refractivity contribution in [1.82, 2.24) is 14.9 Å². The monoisotopic (exact) mass is 328 g/mol. The molecule has 1 aromatic carbocycles. The Morgan fingerprint density at radius 2 is 2.00 bits per heavy atom. The molecule has 0 aliphatic rings. The van der Waals surface area contributed by atoms with Crippen molar-refractivity contribution in [3.05, 3.63) is 44.4 Å². The number of hydrogen-bond donors (Lipinski definition) is 1. The molecule has 0 saturated heterocycles. The van der Waals surface area contributed by atoms with Crippen molar-refractivity contribution in [2.24, 2.45) is 5.10 Å². The van der Waals surface area contributed by atoms with Crippen LogP contribution in [0.25, 0.3) is 0 Å². The lowest BCUT2D eigenvalue weighted by Crippen LogP contribution is -2.17. The highest BCUT2D eigenvalue weighted by atomic mass is 35.5. The van der Waals surface area contributed by atoms with Gasteiger partial charge in [0.25, 0.3) is 0 Å². The summed E-state index contributed by atoms with van der Waals surface area (Å²) < 4.78 is 2.06. The van der Waals surface area contributed by atoms with E-state index in [1.54, 1.807) is 23.0 Å². The minimum absolute atomic E-state index is 0.164. The third-order valence-corrected chi connectivity index (χ3v) is 3.59. The first kappa shape index (κ1) is 15.2. The van der Waals surface area contributed by atoms with Gasteiger partial charge in [-0.2, -0.15) is 14.9 Å². The third-order valence-electron chi connectivity index (χ3n) is 2.59. The summed E-state index contributed by atoms with van der Waals surface area (Å²) in [5.74, 6) is 0.763. The topological polar surface area (TPSA) is 46.0 Å². The van der Waals surface area contributed by atoms with Gasteiger partial charge in [-0.3, -0.25) is 5.10 Å². The highest BCUT2D eigenvalue weighted by Crippen LogP contribution is 2.22. The number of H-pyrrole nitrogens is 1. The fourth-order valence-electron chi connectivity index (χ4n) is 1.60. The maximum absolute atomic E-state index is 5.97. The first-order valence-corrected chi connectivity index (χ1v) is 7.13. The molecule has 0 radical (unpaired) electrons. The first-order valence-electron chi connectivity index (χ1n) is 5.96. The molecule has 1 heterocycles. The van der Waals surface area contributed by atoms with Crippen LogP contribution < -0.4 is 0 Å². The van der Waals surface area contributed by atoms with Gasteiger partial charge < -0.3 is 0 Å². The van der Waals surface area contributed by atoms with Gasteiger partial charge in [0.05, 0.1) is 16.3 Å². The van der Waals surface area contributed by atoms with Gasteiger partial charge in [0.1, 0.15) is 0 Å². The highest BCUT2D eigenvalue weighted by Gasteiger charge is 2.21. The maximum atomic E-state index is 5.97. The van der Waals surface area contributed by atoms with Crippen molar-refractivity contribution in [2.45, 2.75) is 26.2 Å². The van der Waals surface area contributed by atoms with Crippen molar-refractivity contribution in [2.75, 3.05) is 0 Å². The lowest BCUT2D eigenvalue weighted by atomic mass is 9.96. The fraction of sp³-hybridized carbons (Fsp3) is 0.308. The van der Waals surface area contributed by atoms with Crippen LogP contribution in [0.5, 0.6) is 0 Å². The largest absolute Gasteiger partial charge is 0.250 e. The van der Waals surface area contributed by atoms with E-state index in [9.17, 15) is 0 Å². The fourth-order valence-corrected chi connectivity index (χ4v) is 2.09. The van der Waals surface area contributed by atoms with Crippen LogP contribution in [0.15, 0.2) is 23.3 Å². The normalized spacial score (nSPS) is 12.2. The number of aromatic nitrogens is 3. The van der Waals surface area contributed by atoms with Crippen LogP contribution in [0.2, 0.25) is 10.0 Å². The zero-order valence-electron chi connectivity index (χ0n) is 11.3. The molecular formula is C13H14Cl2N4S. The van der Waals surface area contributed by atoms with Gasteiger partial charge in [-0.15, -0.1) is 0 Å². The van der Waals surface area contributed by atoms with E-state index in [4.69, 9.17) is 35.4 Å². The molecular weight excluding hydrogens is 315 g/mol. The van der Waals surface area contributed by atoms with Crippen LogP contribution in [0.1, 0.15) is 32.2 Å². The van der Waals surface area contributed by atoms with Crippen molar-refractivity contribution in [3.8, 4) is 0 Å². The van der Waals surface area contributed by atoms with Crippen LogP contribution in [0, 0.1) is 4.77 Å². The molecule has 0 aliphatic heterocycles. The maximum Gasteiger partial charge on any atom is 0.216 e. The Bertz CT molecular complexity index is 710. The average molecular weight is 329 g/mol. The molecule has 0 amide bonds. The number of nitrogens with zero attached hydrogens (tertiary/aromatic N) is 3. The van der Waals surface area contributed by atoms with E-state index in [0.29, 0.717) is 14.8 Å². The molecule has 0 atom stereocenters. The summed E-state index contributed by atoms with van der Waals surface area (Å²) in [5.41, 5.74) is 0.671. The third kappa shape index (κ3) is 3.29. The molecule has 1 aromatic heterocycles. The number of nitrogens with one attached hydrogen (secondary N) is 1. The molecule has 4 nitrogen and oxygen atoms in total. The molecule has 0 fully saturated rings. The molecule has 0 spiro atoms. The van der Waals surface area contributed by atoms with Gasteiger partial charge in [0.15, 0.2) is 5.82 Å². The average Bonchev–Trinajstić information content (AvgIpc) is 2.72. The summed E-state index contributed by atoms with van der Waals surface area (Å²) in [6, 6.07) is 5.30. The SMILES string of the molecule is CC(C)(C)c1n[nH]c(=S)n1/N=C\c1ccc(Cl)c(Cl)c1. The van der Waals surface area contributed by atoms with Crippen LogP contribution >= 0.6 is 35.4 Å². The summed E-state index contributed by atoms with van der Waals surface area (Å²) in [5, 5.41) is 12.3. The molecule has 7 heteroatoms. The summed E-state index contributed by atoms with van der Waals surface area (Å²) in [6.45, 7) is 6.13. The van der Waals surface area contributed by atoms with Gasteiger partial charge in [-0.25, -0.2) is 0 Å². The molecule has 0 saturated carbocycles. The number of aromatic amines is 1. The molecule has 2 rings (SSSR count). The highest BCUT2D eigenvalue weighted by molar-refractivity contribution is 7.71. The van der Waals surface area contributed by atoms with Crippen molar-refractivity contribution < 1.29 is 0 Å². The Morgan fingerprint density at radius 1 is 1.30 bits per heavy atom. The number of benzene rings is 1. The summed E-state index contributed by atoms with van der Waals surface area (Å²) in [4.78, 5) is 0. The van der Waals surface area contributed by atoms with E-state index >= 15 is 0 Å². The number of halogens is 2. The van der Waals surface area contributed by atoms with Gasteiger partial charge in [0.2, 0.25) is 4.77 Å². The predicted molar refractivity (Wildman–Crippen MR) is 85.6 cm³/mol. The van der Waals surface area contributed by atoms with E-state index in [2.05, 4.69) is 15.3 Å². The van der Waals surface area contributed by atoms with Crippen molar-refractivity contribution in [3.63, 3.8) is 0 Å². The molecule has 0 aliphatic carbocycles. The number of hydrogen-bond acceptors (Lipinski definition) is 3. The second-order valence-electron chi connectivity index (χ2n) is 5.33. The lowest BCUT2D eigenvalue weighted by Gasteiger charge is -2.15. The Hall–Kier alpha value is -1.17. The Morgan fingerprint density at radius 3 is 2.60 bits per heavy atom. The van der Waals surface area contributed by atoms with Gasteiger partial charge >= 0.3 is 0 Å². The van der Waals surface area contributed by atoms with E-state index in [0.717, 1.165) is 11.4 Å². The lowest BCUT2D eigenvalue weighted by molar-refractivity contribution is 0.516. The minimum Gasteiger partial charge on any atom is -0.250 e. The first-order chi connectivity index (χ1) is 9.29. The van der Waals surface area contributed by atoms with Gasteiger partial charge in [0, 0.05) is 5.41 Å². The van der Waals surface area contributed by atoms with E-state index in [-0.39, 0.29) is 5.41 Å². The zero-order valence-corrected chi connectivity index (χ0v) is 13.6. The van der Waals surface area contributed by atoms with E-state index in [1.807, 2.05) is 26.8 Å². The Labute approximate surface area is 132 Å². The molecule has 0 unspecified atom stereocenters. The van der Waals surface area contributed by atoms with E-state index < -0.39 is 0 Å². The standard InChI is InChI=1S/C13H14Cl2N4S/c1-13(2,3)11-17-18-12(20)19(11)16-7-8-4-5-9(14)10(15)6-8/h4-7H,1-3H3,(H,18,20)/b16-7-. The second kappa shape index (κ2) is 5.68. The van der Waals surface area contributed by atoms with Crippen LogP contribution in [0.3, 0.4) is 0 Å². The predicted octanol–water partition coefficient (Wildman–Crippen LogP) is 4.43. The quantitative estimate of drug-likeness (QED) is 0.654. The molecule has 20 heavy (non-hydrogen) atoms. The van der Waals surface area contributed by atoms with E-state index in [1.165, 1.54) is 0 Å².